The van der Waals surface area contributed by atoms with Crippen LogP contribution in [-0.2, 0) is 0 Å². The molecular formula is C9H22BiNS2. The van der Waals surface area contributed by atoms with Gasteiger partial charge < -0.3 is 5.32 Å². The van der Waals surface area contributed by atoms with Crippen LogP contribution >= 0.6 is 24.0 Å². The molecule has 1 nitrogen and oxygen atoms in total. The quantitative estimate of drug-likeness (QED) is 0.404. The molecule has 0 saturated carbocycles. The number of thioether (sulfide) groups is 1. The van der Waals surface area contributed by atoms with E-state index in [-0.39, 0.29) is 26.2 Å². The van der Waals surface area contributed by atoms with E-state index in [2.05, 4.69) is 19.2 Å². The number of thiocarbonyl (C=S) groups is 1. The van der Waals surface area contributed by atoms with Gasteiger partial charge in [-0.05, 0) is 12.8 Å². The van der Waals surface area contributed by atoms with Crippen LogP contribution in [0.4, 0.5) is 0 Å². The topological polar surface area (TPSA) is 12.0 Å². The van der Waals surface area contributed by atoms with Crippen molar-refractivity contribution >= 4 is 54.5 Å². The zero-order chi connectivity index (χ0) is 9.23. The molecule has 4 heteroatoms. The molecule has 0 aliphatic rings. The van der Waals surface area contributed by atoms with Gasteiger partial charge in [0.25, 0.3) is 0 Å². The number of hydrogen-bond acceptors (Lipinski definition) is 2. The molecule has 0 amide bonds. The molecular weight excluding hydrogens is 395 g/mol. The predicted octanol–water partition coefficient (Wildman–Crippen LogP) is 2.01. The predicted molar refractivity (Wildman–Crippen MR) is 72.8 cm³/mol. The third kappa shape index (κ3) is 13.1. The van der Waals surface area contributed by atoms with Crippen LogP contribution in [0, 0.1) is 0 Å². The van der Waals surface area contributed by atoms with Crippen LogP contribution in [0.25, 0.3) is 0 Å². The van der Waals surface area contributed by atoms with Gasteiger partial charge in [-0.1, -0.05) is 50.7 Å². The standard InChI is InChI=1S/C9H19NS2.Bi.3H/c1-3-5-7-10-9(11)12-8-6-4-2;;;;/h3-8H2,1-2H3,(H,10,11);;;;. The monoisotopic (exact) mass is 417 g/mol. The summed E-state index contributed by atoms with van der Waals surface area (Å²) >= 11 is 6.90. The Bertz CT molecular complexity index is 108. The first-order valence-electron chi connectivity index (χ1n) is 4.71. The van der Waals surface area contributed by atoms with Gasteiger partial charge >= 0.3 is 26.2 Å². The summed E-state index contributed by atoms with van der Waals surface area (Å²) in [4.78, 5) is 0. The second-order valence-electron chi connectivity index (χ2n) is 2.77. The third-order valence-electron chi connectivity index (χ3n) is 1.53. The summed E-state index contributed by atoms with van der Waals surface area (Å²) in [6, 6.07) is 0. The Morgan fingerprint density at radius 2 is 1.85 bits per heavy atom. The van der Waals surface area contributed by atoms with E-state index in [4.69, 9.17) is 12.2 Å². The molecule has 0 fully saturated rings. The van der Waals surface area contributed by atoms with Gasteiger partial charge in [-0.3, -0.25) is 0 Å². The van der Waals surface area contributed by atoms with Crippen LogP contribution in [0.1, 0.15) is 39.5 Å². The Morgan fingerprint density at radius 1 is 1.23 bits per heavy atom. The fraction of sp³-hybridized carbons (Fsp3) is 0.889. The third-order valence-corrected chi connectivity index (χ3v) is 2.93. The van der Waals surface area contributed by atoms with E-state index in [1.807, 2.05) is 0 Å². The molecule has 0 radical (unpaired) electrons. The van der Waals surface area contributed by atoms with Crippen molar-refractivity contribution in [1.82, 2.24) is 5.32 Å². The summed E-state index contributed by atoms with van der Waals surface area (Å²) in [5, 5.41) is 3.24. The van der Waals surface area contributed by atoms with Crippen LogP contribution in [0.3, 0.4) is 0 Å². The van der Waals surface area contributed by atoms with E-state index in [1.165, 1.54) is 25.7 Å². The second kappa shape index (κ2) is 13.1. The van der Waals surface area contributed by atoms with Crippen molar-refractivity contribution < 1.29 is 0 Å². The summed E-state index contributed by atoms with van der Waals surface area (Å²) in [7, 11) is 0. The number of unbranched alkanes of at least 4 members (excludes halogenated alkanes) is 2. The molecule has 0 aliphatic carbocycles. The number of hydrogen-bond donors (Lipinski definition) is 1. The molecule has 0 bridgehead atoms. The van der Waals surface area contributed by atoms with Crippen molar-refractivity contribution in [2.45, 2.75) is 39.5 Å². The molecule has 0 aromatic heterocycles. The average molecular weight is 417 g/mol. The zero-order valence-corrected chi connectivity index (χ0v) is 15.9. The molecule has 0 saturated heterocycles. The van der Waals surface area contributed by atoms with Crippen LogP contribution in [0.2, 0.25) is 0 Å². The van der Waals surface area contributed by atoms with Gasteiger partial charge in [0.05, 0.1) is 0 Å². The Kier molecular flexibility index (Phi) is 16.7. The fourth-order valence-corrected chi connectivity index (χ4v) is 1.90. The normalized spacial score (nSPS) is 9.08. The van der Waals surface area contributed by atoms with Gasteiger partial charge in [-0.15, -0.1) is 0 Å². The Morgan fingerprint density at radius 3 is 2.38 bits per heavy atom. The molecule has 1 N–H and O–H groups in total. The summed E-state index contributed by atoms with van der Waals surface area (Å²) in [6.07, 6.45) is 4.97. The first-order chi connectivity index (χ1) is 5.81. The van der Waals surface area contributed by atoms with E-state index in [0.29, 0.717) is 0 Å². The second-order valence-corrected chi connectivity index (χ2v) is 4.54. The van der Waals surface area contributed by atoms with Crippen molar-refractivity contribution in [3.63, 3.8) is 0 Å². The number of nitrogens with one attached hydrogen (secondary N) is 1. The van der Waals surface area contributed by atoms with Crippen molar-refractivity contribution in [3.05, 3.63) is 0 Å². The maximum absolute atomic E-state index is 5.13. The summed E-state index contributed by atoms with van der Waals surface area (Å²) in [5.74, 6) is 1.16. The van der Waals surface area contributed by atoms with Gasteiger partial charge in [-0.25, -0.2) is 0 Å². The van der Waals surface area contributed by atoms with Crippen molar-refractivity contribution in [1.29, 1.82) is 0 Å². The minimum absolute atomic E-state index is 0. The van der Waals surface area contributed by atoms with Gasteiger partial charge in [-0.2, -0.15) is 0 Å². The van der Waals surface area contributed by atoms with Crippen LogP contribution < -0.4 is 5.32 Å². The van der Waals surface area contributed by atoms with Gasteiger partial charge in [0, 0.05) is 12.3 Å². The average Bonchev–Trinajstić information content (AvgIpc) is 2.06. The van der Waals surface area contributed by atoms with E-state index < -0.39 is 0 Å². The molecule has 0 heterocycles. The van der Waals surface area contributed by atoms with E-state index >= 15 is 0 Å². The molecule has 0 aromatic carbocycles. The molecule has 0 rings (SSSR count). The van der Waals surface area contributed by atoms with Crippen LogP contribution in [0.15, 0.2) is 0 Å². The first-order valence-corrected chi connectivity index (χ1v) is 6.11. The molecule has 0 aromatic rings. The summed E-state index contributed by atoms with van der Waals surface area (Å²) < 4.78 is 0.969. The Labute approximate surface area is 111 Å². The van der Waals surface area contributed by atoms with E-state index in [1.54, 1.807) is 11.8 Å². The Hall–Kier alpha value is 1.12. The van der Waals surface area contributed by atoms with Crippen LogP contribution in [-0.4, -0.2) is 42.8 Å². The number of rotatable bonds is 6. The molecule has 80 valence electrons. The molecule has 0 aliphatic heterocycles. The molecule has 0 atom stereocenters. The van der Waals surface area contributed by atoms with Crippen LogP contribution in [0.5, 0.6) is 0 Å². The van der Waals surface area contributed by atoms with Crippen molar-refractivity contribution in [3.8, 4) is 0 Å². The molecule has 0 unspecified atom stereocenters. The van der Waals surface area contributed by atoms with Gasteiger partial charge in [0.15, 0.2) is 0 Å². The molecule has 13 heavy (non-hydrogen) atoms. The SMILES string of the molecule is CCCCNC(=S)SCCCC.[BiH3]. The molecule has 0 spiro atoms. The summed E-state index contributed by atoms with van der Waals surface area (Å²) in [6.45, 7) is 5.43. The van der Waals surface area contributed by atoms with E-state index in [0.717, 1.165) is 16.6 Å². The Balaban J connectivity index is 0. The minimum atomic E-state index is 0. The summed E-state index contributed by atoms with van der Waals surface area (Å²) in [5.41, 5.74) is 0. The first kappa shape index (κ1) is 16.5. The fourth-order valence-electron chi connectivity index (χ4n) is 0.727. The van der Waals surface area contributed by atoms with Gasteiger partial charge in [0.1, 0.15) is 4.32 Å². The zero-order valence-electron chi connectivity index (χ0n) is 8.77. The van der Waals surface area contributed by atoms with E-state index in [9.17, 15) is 0 Å². The van der Waals surface area contributed by atoms with Crippen molar-refractivity contribution in [2.75, 3.05) is 12.3 Å². The maximum atomic E-state index is 5.13. The van der Waals surface area contributed by atoms with Gasteiger partial charge in [0.2, 0.25) is 0 Å². The van der Waals surface area contributed by atoms with Crippen molar-refractivity contribution in [2.24, 2.45) is 0 Å².